The minimum Gasteiger partial charge on any atom is -0.341 e. The van der Waals surface area contributed by atoms with Gasteiger partial charge in [0.2, 0.25) is 11.8 Å². The van der Waals surface area contributed by atoms with Crippen molar-refractivity contribution in [3.63, 3.8) is 0 Å². The van der Waals surface area contributed by atoms with E-state index in [1.54, 1.807) is 4.90 Å². The van der Waals surface area contributed by atoms with E-state index in [0.717, 1.165) is 44.3 Å². The van der Waals surface area contributed by atoms with Gasteiger partial charge in [0.1, 0.15) is 6.04 Å². The minimum absolute atomic E-state index is 0.0638. The highest BCUT2D eigenvalue weighted by atomic mass is 16.2. The molecule has 1 unspecified atom stereocenters. The average Bonchev–Trinajstić information content (AvgIpc) is 3.12. The van der Waals surface area contributed by atoms with Crippen molar-refractivity contribution in [3.8, 4) is 0 Å². The maximum Gasteiger partial charge on any atom is 0.245 e. The maximum atomic E-state index is 12.9. The van der Waals surface area contributed by atoms with E-state index in [4.69, 9.17) is 5.73 Å². The predicted molar refractivity (Wildman–Crippen MR) is 93.2 cm³/mol. The van der Waals surface area contributed by atoms with Crippen LogP contribution in [0.1, 0.15) is 31.2 Å². The van der Waals surface area contributed by atoms with Crippen LogP contribution < -0.4 is 5.73 Å². The normalized spacial score (nSPS) is 22.0. The van der Waals surface area contributed by atoms with Gasteiger partial charge < -0.3 is 15.5 Å². The van der Waals surface area contributed by atoms with E-state index in [1.807, 2.05) is 35.2 Å². The Morgan fingerprint density at radius 1 is 1.04 bits per heavy atom. The number of nitrogens with two attached hydrogens (primary N) is 1. The number of hydrogen-bond donors (Lipinski definition) is 1. The highest BCUT2D eigenvalue weighted by Crippen LogP contribution is 2.23. The summed E-state index contributed by atoms with van der Waals surface area (Å²) >= 11 is 0. The minimum atomic E-state index is -0.268. The molecule has 1 aromatic carbocycles. The summed E-state index contributed by atoms with van der Waals surface area (Å²) in [5.74, 6) is 0.728. The van der Waals surface area contributed by atoms with E-state index < -0.39 is 0 Å². The van der Waals surface area contributed by atoms with Crippen molar-refractivity contribution in [2.75, 3.05) is 26.2 Å². The molecule has 2 N–H and O–H groups in total. The number of rotatable bonds is 4. The van der Waals surface area contributed by atoms with E-state index in [1.165, 1.54) is 0 Å². The van der Waals surface area contributed by atoms with Crippen molar-refractivity contribution in [1.29, 1.82) is 0 Å². The Morgan fingerprint density at radius 3 is 2.42 bits per heavy atom. The highest BCUT2D eigenvalue weighted by molar-refractivity contribution is 5.89. The Morgan fingerprint density at radius 2 is 1.75 bits per heavy atom. The maximum absolute atomic E-state index is 12.9. The van der Waals surface area contributed by atoms with E-state index in [2.05, 4.69) is 0 Å². The van der Waals surface area contributed by atoms with Crippen LogP contribution >= 0.6 is 0 Å². The molecule has 1 atom stereocenters. The van der Waals surface area contributed by atoms with Gasteiger partial charge >= 0.3 is 0 Å². The van der Waals surface area contributed by atoms with E-state index in [9.17, 15) is 9.59 Å². The molecule has 0 spiro atoms. The summed E-state index contributed by atoms with van der Waals surface area (Å²) in [6.07, 6.45) is 4.03. The van der Waals surface area contributed by atoms with Gasteiger partial charge in [-0.2, -0.15) is 0 Å². The van der Waals surface area contributed by atoms with E-state index in [0.29, 0.717) is 25.4 Å². The zero-order valence-corrected chi connectivity index (χ0v) is 14.2. The zero-order chi connectivity index (χ0) is 16.9. The van der Waals surface area contributed by atoms with Crippen molar-refractivity contribution >= 4 is 11.8 Å². The number of amides is 2. The molecule has 0 radical (unpaired) electrons. The molecule has 2 fully saturated rings. The fraction of sp³-hybridized carbons (Fsp3) is 0.579. The topological polar surface area (TPSA) is 66.6 Å². The van der Waals surface area contributed by atoms with Crippen molar-refractivity contribution in [2.45, 2.75) is 38.1 Å². The molecule has 2 amide bonds. The lowest BCUT2D eigenvalue weighted by molar-refractivity contribution is -0.144. The lowest BCUT2D eigenvalue weighted by Crippen LogP contribution is -2.50. The van der Waals surface area contributed by atoms with Crippen LogP contribution in [0.15, 0.2) is 30.3 Å². The number of benzene rings is 1. The standard InChI is InChI=1S/C19H27N3O2/c20-14-16-8-11-21(12-9-16)19(24)17-7-4-10-22(17)18(23)13-15-5-2-1-3-6-15/h1-3,5-6,16-17H,4,7-14,20H2. The Hall–Kier alpha value is -1.88. The smallest absolute Gasteiger partial charge is 0.245 e. The lowest BCUT2D eigenvalue weighted by Gasteiger charge is -2.35. The number of piperidine rings is 1. The molecule has 0 aromatic heterocycles. The summed E-state index contributed by atoms with van der Waals surface area (Å²) in [7, 11) is 0. The third kappa shape index (κ3) is 3.78. The lowest BCUT2D eigenvalue weighted by atomic mass is 9.96. The molecule has 0 bridgehead atoms. The fourth-order valence-electron chi connectivity index (χ4n) is 3.79. The first-order chi connectivity index (χ1) is 11.7. The van der Waals surface area contributed by atoms with Crippen LogP contribution in [0, 0.1) is 5.92 Å². The first-order valence-electron chi connectivity index (χ1n) is 9.01. The first kappa shape index (κ1) is 17.0. The molecule has 2 saturated heterocycles. The molecule has 1 aromatic rings. The van der Waals surface area contributed by atoms with Crippen LogP contribution in [-0.4, -0.2) is 53.8 Å². The van der Waals surface area contributed by atoms with Crippen LogP contribution in [0.3, 0.4) is 0 Å². The second-order valence-electron chi connectivity index (χ2n) is 6.91. The Kier molecular flexibility index (Phi) is 5.51. The van der Waals surface area contributed by atoms with Crippen molar-refractivity contribution in [1.82, 2.24) is 9.80 Å². The summed E-state index contributed by atoms with van der Waals surface area (Å²) in [6.45, 7) is 2.95. The number of nitrogens with zero attached hydrogens (tertiary/aromatic N) is 2. The molecule has 2 aliphatic heterocycles. The van der Waals surface area contributed by atoms with Gasteiger partial charge in [0.25, 0.3) is 0 Å². The van der Waals surface area contributed by atoms with Gasteiger partial charge in [-0.3, -0.25) is 9.59 Å². The van der Waals surface area contributed by atoms with Gasteiger partial charge in [-0.25, -0.2) is 0 Å². The second-order valence-corrected chi connectivity index (χ2v) is 6.91. The second kappa shape index (κ2) is 7.79. The zero-order valence-electron chi connectivity index (χ0n) is 14.2. The average molecular weight is 329 g/mol. The summed E-state index contributed by atoms with van der Waals surface area (Å²) in [5.41, 5.74) is 6.73. The SMILES string of the molecule is NCC1CCN(C(=O)C2CCCN2C(=O)Cc2ccccc2)CC1. The summed E-state index contributed by atoms with van der Waals surface area (Å²) < 4.78 is 0. The van der Waals surface area contributed by atoms with Crippen molar-refractivity contribution in [3.05, 3.63) is 35.9 Å². The molecule has 5 nitrogen and oxygen atoms in total. The number of carbonyl (C=O) groups is 2. The van der Waals surface area contributed by atoms with E-state index in [-0.39, 0.29) is 17.9 Å². The first-order valence-corrected chi connectivity index (χ1v) is 9.01. The molecular weight excluding hydrogens is 302 g/mol. The third-order valence-electron chi connectivity index (χ3n) is 5.32. The molecule has 130 valence electrons. The van der Waals surface area contributed by atoms with Crippen LogP contribution in [0.25, 0.3) is 0 Å². The fourth-order valence-corrected chi connectivity index (χ4v) is 3.79. The van der Waals surface area contributed by atoms with E-state index >= 15 is 0 Å². The van der Waals surface area contributed by atoms with Crippen LogP contribution in [0.5, 0.6) is 0 Å². The van der Waals surface area contributed by atoms with Gasteiger partial charge in [-0.15, -0.1) is 0 Å². The Labute approximate surface area is 143 Å². The van der Waals surface area contributed by atoms with Crippen LogP contribution in [0.4, 0.5) is 0 Å². The van der Waals surface area contributed by atoms with Gasteiger partial charge in [0.05, 0.1) is 6.42 Å². The monoisotopic (exact) mass is 329 g/mol. The van der Waals surface area contributed by atoms with Gasteiger partial charge in [0, 0.05) is 19.6 Å². The van der Waals surface area contributed by atoms with Crippen molar-refractivity contribution < 1.29 is 9.59 Å². The molecule has 0 aliphatic carbocycles. The van der Waals surface area contributed by atoms with Gasteiger partial charge in [-0.1, -0.05) is 30.3 Å². The third-order valence-corrected chi connectivity index (χ3v) is 5.32. The number of hydrogen-bond acceptors (Lipinski definition) is 3. The molecule has 2 heterocycles. The molecule has 3 rings (SSSR count). The van der Waals surface area contributed by atoms with Crippen LogP contribution in [0.2, 0.25) is 0 Å². The predicted octanol–water partition coefficient (Wildman–Crippen LogP) is 1.42. The summed E-state index contributed by atoms with van der Waals surface area (Å²) in [5, 5.41) is 0. The van der Waals surface area contributed by atoms with Gasteiger partial charge in [0.15, 0.2) is 0 Å². The number of likely N-dealkylation sites (tertiary alicyclic amines) is 2. The quantitative estimate of drug-likeness (QED) is 0.908. The molecule has 5 heteroatoms. The Balaban J connectivity index is 1.60. The molecule has 24 heavy (non-hydrogen) atoms. The number of carbonyl (C=O) groups excluding carboxylic acids is 2. The molecular formula is C19H27N3O2. The largest absolute Gasteiger partial charge is 0.341 e. The van der Waals surface area contributed by atoms with Crippen LogP contribution in [-0.2, 0) is 16.0 Å². The Bertz CT molecular complexity index is 567. The summed E-state index contributed by atoms with van der Waals surface area (Å²) in [4.78, 5) is 29.2. The molecule has 2 aliphatic rings. The van der Waals surface area contributed by atoms with Crippen molar-refractivity contribution in [2.24, 2.45) is 11.7 Å². The molecule has 0 saturated carbocycles. The summed E-state index contributed by atoms with van der Waals surface area (Å²) in [6, 6.07) is 9.48. The van der Waals surface area contributed by atoms with Gasteiger partial charge in [-0.05, 0) is 43.7 Å². The highest BCUT2D eigenvalue weighted by Gasteiger charge is 2.37.